The highest BCUT2D eigenvalue weighted by Crippen LogP contribution is 2.09. The maximum absolute atomic E-state index is 11.7. The first kappa shape index (κ1) is 14.0. The molecule has 3 N–H and O–H groups in total. The van der Waals surface area contributed by atoms with Gasteiger partial charge in [0.1, 0.15) is 0 Å². The van der Waals surface area contributed by atoms with Crippen molar-refractivity contribution in [1.29, 1.82) is 0 Å². The molecule has 2 aromatic rings. The predicted octanol–water partition coefficient (Wildman–Crippen LogP) is 0.0841. The quantitative estimate of drug-likeness (QED) is 0.742. The van der Waals surface area contributed by atoms with Gasteiger partial charge in [0.15, 0.2) is 0 Å². The highest BCUT2D eigenvalue weighted by Gasteiger charge is 2.12. The molecule has 0 atom stereocenters. The zero-order chi connectivity index (χ0) is 14.5. The molecule has 20 heavy (non-hydrogen) atoms. The van der Waals surface area contributed by atoms with Gasteiger partial charge in [-0.2, -0.15) is 5.10 Å². The zero-order valence-electron chi connectivity index (χ0n) is 10.3. The maximum Gasteiger partial charge on any atom is 0.342 e. The van der Waals surface area contributed by atoms with Crippen molar-refractivity contribution in [3.63, 3.8) is 0 Å². The molecule has 0 radical (unpaired) electrons. The lowest BCUT2D eigenvalue weighted by Gasteiger charge is -2.04. The van der Waals surface area contributed by atoms with Crippen molar-refractivity contribution in [2.75, 3.05) is 6.54 Å². The van der Waals surface area contributed by atoms with Gasteiger partial charge in [0, 0.05) is 11.6 Å². The molecule has 2 rings (SSSR count). The fourth-order valence-corrected chi connectivity index (χ4v) is 1.68. The van der Waals surface area contributed by atoms with E-state index < -0.39 is 17.2 Å². The Balaban J connectivity index is 1.94. The second-order valence-corrected chi connectivity index (χ2v) is 4.42. The average molecular weight is 295 g/mol. The summed E-state index contributed by atoms with van der Waals surface area (Å²) >= 11 is 5.76. The molecule has 0 aliphatic carbocycles. The van der Waals surface area contributed by atoms with Gasteiger partial charge in [-0.25, -0.2) is 9.89 Å². The number of H-pyrrole nitrogens is 2. The summed E-state index contributed by atoms with van der Waals surface area (Å²) in [5.41, 5.74) is -0.954. The number of aromatic nitrogens is 3. The number of nitrogens with one attached hydrogen (secondary N) is 3. The normalized spacial score (nSPS) is 10.2. The van der Waals surface area contributed by atoms with Crippen LogP contribution in [0.3, 0.4) is 0 Å². The van der Waals surface area contributed by atoms with Crippen LogP contribution in [0.5, 0.6) is 0 Å². The van der Waals surface area contributed by atoms with E-state index in [9.17, 15) is 14.4 Å². The third kappa shape index (κ3) is 3.55. The van der Waals surface area contributed by atoms with Crippen LogP contribution in [0.1, 0.15) is 16.1 Å². The number of benzene rings is 1. The first-order chi connectivity index (χ1) is 9.56. The van der Waals surface area contributed by atoms with Crippen LogP contribution in [0.15, 0.2) is 33.9 Å². The topological polar surface area (TPSA) is 108 Å². The fraction of sp³-hybridized carbons (Fsp3) is 0.167. The Labute approximate surface area is 118 Å². The van der Waals surface area contributed by atoms with Crippen LogP contribution in [0.25, 0.3) is 0 Å². The number of halogens is 1. The van der Waals surface area contributed by atoms with Gasteiger partial charge in [0.05, 0.1) is 0 Å². The molecule has 1 aromatic carbocycles. The summed E-state index contributed by atoms with van der Waals surface area (Å²) in [5, 5.41) is 8.59. The number of nitrogens with zero attached hydrogens (tertiary/aromatic N) is 1. The van der Waals surface area contributed by atoms with Gasteiger partial charge in [0.25, 0.3) is 11.5 Å². The highest BCUT2D eigenvalue weighted by molar-refractivity contribution is 6.30. The fourth-order valence-electron chi connectivity index (χ4n) is 1.56. The Morgan fingerprint density at radius 2 is 1.95 bits per heavy atom. The van der Waals surface area contributed by atoms with Crippen LogP contribution in [0, 0.1) is 0 Å². The standard InChI is InChI=1S/C12H11ClN4O3/c13-8-3-1-7(2-4-8)5-6-14-10(18)9-11(19)15-12(20)17-16-9/h1-4H,5-6H2,(H,14,18)(H2,15,17,19,20). The van der Waals surface area contributed by atoms with Gasteiger partial charge >= 0.3 is 5.69 Å². The molecular weight excluding hydrogens is 284 g/mol. The minimum absolute atomic E-state index is 0.334. The van der Waals surface area contributed by atoms with Crippen LogP contribution >= 0.6 is 11.6 Å². The third-order valence-electron chi connectivity index (χ3n) is 2.54. The summed E-state index contributed by atoms with van der Waals surface area (Å²) < 4.78 is 0. The van der Waals surface area contributed by atoms with Gasteiger partial charge in [0.2, 0.25) is 5.69 Å². The van der Waals surface area contributed by atoms with E-state index in [1.54, 1.807) is 12.1 Å². The minimum Gasteiger partial charge on any atom is -0.350 e. The van der Waals surface area contributed by atoms with E-state index in [0.29, 0.717) is 18.0 Å². The molecule has 8 heteroatoms. The van der Waals surface area contributed by atoms with E-state index in [0.717, 1.165) is 5.56 Å². The molecule has 1 heterocycles. The van der Waals surface area contributed by atoms with Crippen LogP contribution in [0.4, 0.5) is 0 Å². The van der Waals surface area contributed by atoms with E-state index in [-0.39, 0.29) is 5.69 Å². The number of hydrogen-bond acceptors (Lipinski definition) is 4. The number of aromatic amines is 2. The Morgan fingerprint density at radius 3 is 2.60 bits per heavy atom. The number of rotatable bonds is 4. The van der Waals surface area contributed by atoms with Crippen LogP contribution in [0.2, 0.25) is 5.02 Å². The summed E-state index contributed by atoms with van der Waals surface area (Å²) in [7, 11) is 0. The molecule has 7 nitrogen and oxygen atoms in total. The smallest absolute Gasteiger partial charge is 0.342 e. The lowest BCUT2D eigenvalue weighted by molar-refractivity contribution is 0.0946. The first-order valence-corrected chi connectivity index (χ1v) is 6.16. The Morgan fingerprint density at radius 1 is 1.25 bits per heavy atom. The molecular formula is C12H11ClN4O3. The van der Waals surface area contributed by atoms with Crippen molar-refractivity contribution in [2.24, 2.45) is 0 Å². The molecule has 1 aromatic heterocycles. The number of carbonyl (C=O) groups is 1. The van der Waals surface area contributed by atoms with Crippen molar-refractivity contribution in [3.05, 3.63) is 61.4 Å². The molecule has 0 saturated carbocycles. The van der Waals surface area contributed by atoms with E-state index in [1.165, 1.54) is 0 Å². The largest absolute Gasteiger partial charge is 0.350 e. The lowest BCUT2D eigenvalue weighted by atomic mass is 10.1. The zero-order valence-corrected chi connectivity index (χ0v) is 11.0. The van der Waals surface area contributed by atoms with E-state index in [1.807, 2.05) is 22.2 Å². The van der Waals surface area contributed by atoms with Gasteiger partial charge in [-0.1, -0.05) is 23.7 Å². The first-order valence-electron chi connectivity index (χ1n) is 5.78. The average Bonchev–Trinajstić information content (AvgIpc) is 2.41. The second-order valence-electron chi connectivity index (χ2n) is 3.99. The molecule has 0 fully saturated rings. The Hall–Kier alpha value is -2.41. The van der Waals surface area contributed by atoms with E-state index >= 15 is 0 Å². The highest BCUT2D eigenvalue weighted by atomic mass is 35.5. The van der Waals surface area contributed by atoms with E-state index in [2.05, 4.69) is 10.4 Å². The molecule has 0 aliphatic rings. The third-order valence-corrected chi connectivity index (χ3v) is 2.79. The van der Waals surface area contributed by atoms with Crippen molar-refractivity contribution in [1.82, 2.24) is 20.5 Å². The maximum atomic E-state index is 11.7. The summed E-state index contributed by atoms with van der Waals surface area (Å²) in [6.45, 7) is 0.334. The molecule has 0 unspecified atom stereocenters. The molecule has 0 saturated heterocycles. The Kier molecular flexibility index (Phi) is 4.31. The van der Waals surface area contributed by atoms with Gasteiger partial charge < -0.3 is 5.32 Å². The van der Waals surface area contributed by atoms with Crippen LogP contribution in [-0.4, -0.2) is 27.6 Å². The van der Waals surface area contributed by atoms with Crippen molar-refractivity contribution in [2.45, 2.75) is 6.42 Å². The summed E-state index contributed by atoms with van der Waals surface area (Å²) in [6, 6.07) is 7.21. The van der Waals surface area contributed by atoms with Gasteiger partial charge in [-0.15, -0.1) is 0 Å². The summed E-state index contributed by atoms with van der Waals surface area (Å²) in [4.78, 5) is 35.7. The molecule has 0 spiro atoms. The molecule has 0 bridgehead atoms. The van der Waals surface area contributed by atoms with Crippen molar-refractivity contribution < 1.29 is 4.79 Å². The monoisotopic (exact) mass is 294 g/mol. The van der Waals surface area contributed by atoms with E-state index in [4.69, 9.17) is 11.6 Å². The van der Waals surface area contributed by atoms with Gasteiger partial charge in [-0.3, -0.25) is 14.6 Å². The predicted molar refractivity (Wildman–Crippen MR) is 73.0 cm³/mol. The van der Waals surface area contributed by atoms with Crippen LogP contribution < -0.4 is 16.6 Å². The second kappa shape index (κ2) is 6.16. The summed E-state index contributed by atoms with van der Waals surface area (Å²) in [6.07, 6.45) is 0.587. The molecule has 0 aliphatic heterocycles. The van der Waals surface area contributed by atoms with Gasteiger partial charge in [-0.05, 0) is 24.1 Å². The number of hydrogen-bond donors (Lipinski definition) is 3. The Bertz CT molecular complexity index is 720. The summed E-state index contributed by atoms with van der Waals surface area (Å²) in [5.74, 6) is -0.642. The van der Waals surface area contributed by atoms with Crippen LogP contribution in [-0.2, 0) is 6.42 Å². The molecule has 1 amide bonds. The minimum atomic E-state index is -0.822. The number of amides is 1. The van der Waals surface area contributed by atoms with Crippen molar-refractivity contribution >= 4 is 17.5 Å². The molecule has 104 valence electrons. The van der Waals surface area contributed by atoms with Crippen molar-refractivity contribution in [3.8, 4) is 0 Å². The SMILES string of the molecule is O=C(NCCc1ccc(Cl)cc1)c1n[nH]c(=O)[nH]c1=O. The number of carbonyl (C=O) groups excluding carboxylic acids is 1. The lowest BCUT2D eigenvalue weighted by Crippen LogP contribution is -2.36.